The molecule has 0 amide bonds. The van der Waals surface area contributed by atoms with Gasteiger partial charge in [0.05, 0.1) is 18.6 Å². The second-order valence-corrected chi connectivity index (χ2v) is 6.69. The average Bonchev–Trinajstić information content (AvgIpc) is 3.20. The van der Waals surface area contributed by atoms with Crippen molar-refractivity contribution in [2.24, 2.45) is 0 Å². The fraction of sp³-hybridized carbons (Fsp3) is 0.105. The molecule has 0 saturated carbocycles. The average molecular weight is 394 g/mol. The van der Waals surface area contributed by atoms with Crippen LogP contribution in [0.3, 0.4) is 0 Å². The first-order valence-corrected chi connectivity index (χ1v) is 9.26. The topological polar surface area (TPSA) is 100 Å². The maximum atomic E-state index is 12.6. The van der Waals surface area contributed by atoms with Crippen LogP contribution >= 0.6 is 11.8 Å². The van der Waals surface area contributed by atoms with Crippen LogP contribution in [0.4, 0.5) is 0 Å². The van der Waals surface area contributed by atoms with Crippen LogP contribution in [0.2, 0.25) is 0 Å². The molecule has 0 bridgehead atoms. The normalized spacial score (nSPS) is 10.9. The van der Waals surface area contributed by atoms with Crippen molar-refractivity contribution in [3.05, 3.63) is 70.6 Å². The number of carbonyl (C=O) groups excluding carboxylic acids is 1. The van der Waals surface area contributed by atoms with Crippen molar-refractivity contribution in [3.8, 4) is 11.4 Å². The molecule has 4 aromatic rings. The number of para-hydroxylation sites is 2. The van der Waals surface area contributed by atoms with Gasteiger partial charge in [-0.15, -0.1) is 5.10 Å². The number of hydrogen-bond donors (Lipinski definition) is 0. The summed E-state index contributed by atoms with van der Waals surface area (Å²) in [6, 6.07) is 16.0. The zero-order chi connectivity index (χ0) is 19.5. The van der Waals surface area contributed by atoms with E-state index >= 15 is 0 Å². The summed E-state index contributed by atoms with van der Waals surface area (Å²) in [6.07, 6.45) is 0. The molecule has 0 saturated heterocycles. The van der Waals surface area contributed by atoms with Crippen LogP contribution in [0, 0.1) is 0 Å². The van der Waals surface area contributed by atoms with E-state index in [1.54, 1.807) is 18.2 Å². The molecule has 2 aromatic heterocycles. The third-order valence-corrected chi connectivity index (χ3v) is 4.94. The minimum atomic E-state index is -0.703. The van der Waals surface area contributed by atoms with Crippen LogP contribution in [-0.2, 0) is 0 Å². The van der Waals surface area contributed by atoms with E-state index in [4.69, 9.17) is 9.15 Å². The van der Waals surface area contributed by atoms with Crippen LogP contribution in [0.25, 0.3) is 16.7 Å². The van der Waals surface area contributed by atoms with Crippen LogP contribution in [0.1, 0.15) is 10.4 Å². The predicted molar refractivity (Wildman–Crippen MR) is 103 cm³/mol. The Kier molecular flexibility index (Phi) is 4.90. The summed E-state index contributed by atoms with van der Waals surface area (Å²) < 4.78 is 12.0. The number of Topliss-reactive ketones (excluding diaryl/α,β-unsaturated/α-hetero) is 1. The molecule has 4 rings (SSSR count). The van der Waals surface area contributed by atoms with Crippen molar-refractivity contribution >= 4 is 28.5 Å². The molecule has 140 valence electrons. The highest BCUT2D eigenvalue weighted by Crippen LogP contribution is 2.25. The quantitative estimate of drug-likeness (QED) is 0.280. The number of aromatic nitrogens is 4. The molecular formula is C19H14N4O4S. The Labute approximate surface area is 163 Å². The summed E-state index contributed by atoms with van der Waals surface area (Å²) in [5.74, 6) is 0.0593. The van der Waals surface area contributed by atoms with Gasteiger partial charge in [-0.05, 0) is 34.7 Å². The van der Waals surface area contributed by atoms with E-state index in [1.807, 2.05) is 30.3 Å². The fourth-order valence-electron chi connectivity index (χ4n) is 2.68. The van der Waals surface area contributed by atoms with Crippen molar-refractivity contribution < 1.29 is 13.9 Å². The molecular weight excluding hydrogens is 380 g/mol. The molecule has 0 radical (unpaired) electrons. The zero-order valence-corrected chi connectivity index (χ0v) is 15.5. The van der Waals surface area contributed by atoms with E-state index in [9.17, 15) is 9.59 Å². The van der Waals surface area contributed by atoms with Gasteiger partial charge in [0.2, 0.25) is 5.16 Å². The van der Waals surface area contributed by atoms with E-state index in [1.165, 1.54) is 17.9 Å². The third-order valence-electron chi connectivity index (χ3n) is 4.02. The van der Waals surface area contributed by atoms with Gasteiger partial charge in [0.25, 0.3) is 0 Å². The van der Waals surface area contributed by atoms with Crippen LogP contribution in [0.15, 0.2) is 69.0 Å². The van der Waals surface area contributed by atoms with E-state index in [2.05, 4.69) is 15.5 Å². The molecule has 8 nitrogen and oxygen atoms in total. The first-order valence-electron chi connectivity index (χ1n) is 8.28. The summed E-state index contributed by atoms with van der Waals surface area (Å²) in [4.78, 5) is 24.9. The molecule has 9 heteroatoms. The molecule has 28 heavy (non-hydrogen) atoms. The highest BCUT2D eigenvalue weighted by atomic mass is 32.2. The largest absolute Gasteiger partial charge is 0.493 e. The molecule has 2 heterocycles. The maximum Gasteiger partial charge on any atom is 0.347 e. The van der Waals surface area contributed by atoms with Crippen molar-refractivity contribution in [2.75, 3.05) is 12.9 Å². The minimum Gasteiger partial charge on any atom is -0.493 e. The number of ether oxygens (including phenoxy) is 1. The van der Waals surface area contributed by atoms with Gasteiger partial charge in [0.1, 0.15) is 5.56 Å². The van der Waals surface area contributed by atoms with Gasteiger partial charge in [-0.25, -0.2) is 4.79 Å². The van der Waals surface area contributed by atoms with Crippen molar-refractivity contribution in [2.45, 2.75) is 5.16 Å². The van der Waals surface area contributed by atoms with E-state index < -0.39 is 5.63 Å². The van der Waals surface area contributed by atoms with Crippen LogP contribution < -0.4 is 10.4 Å². The van der Waals surface area contributed by atoms with Crippen LogP contribution in [0.5, 0.6) is 5.75 Å². The molecule has 0 atom stereocenters. The molecule has 0 spiro atoms. The molecule has 2 aromatic carbocycles. The first-order chi connectivity index (χ1) is 13.7. The number of hydrogen-bond acceptors (Lipinski definition) is 8. The van der Waals surface area contributed by atoms with E-state index in [0.29, 0.717) is 21.9 Å². The second kappa shape index (κ2) is 7.65. The molecule has 0 aliphatic carbocycles. The SMILES string of the molecule is COc1cccc2cc(C(=O)CSc3nnnn3-c3ccccc3)c(=O)oc12. The Bertz CT molecular complexity index is 1200. The van der Waals surface area contributed by atoms with Crippen LogP contribution in [-0.4, -0.2) is 38.9 Å². The van der Waals surface area contributed by atoms with Gasteiger partial charge in [0.15, 0.2) is 17.1 Å². The Morgan fingerprint density at radius 1 is 1.18 bits per heavy atom. The van der Waals surface area contributed by atoms with Crippen molar-refractivity contribution in [1.82, 2.24) is 20.2 Å². The number of thioether (sulfide) groups is 1. The standard InChI is InChI=1S/C19H14N4O4S/c1-26-16-9-5-6-12-10-14(18(25)27-17(12)16)15(24)11-28-19-20-21-22-23(19)13-7-3-2-4-8-13/h2-10H,11H2,1H3. The predicted octanol–water partition coefficient (Wildman–Crippen LogP) is 2.75. The second-order valence-electron chi connectivity index (χ2n) is 5.75. The van der Waals surface area contributed by atoms with Gasteiger partial charge in [-0.2, -0.15) is 4.68 Å². The Hall–Kier alpha value is -3.46. The smallest absolute Gasteiger partial charge is 0.347 e. The van der Waals surface area contributed by atoms with Gasteiger partial charge >= 0.3 is 5.63 Å². The lowest BCUT2D eigenvalue weighted by atomic mass is 10.1. The Morgan fingerprint density at radius 3 is 2.79 bits per heavy atom. The van der Waals surface area contributed by atoms with Gasteiger partial charge in [0, 0.05) is 5.39 Å². The highest BCUT2D eigenvalue weighted by molar-refractivity contribution is 7.99. The number of benzene rings is 2. The molecule has 0 unspecified atom stereocenters. The fourth-order valence-corrected chi connectivity index (χ4v) is 3.46. The number of carbonyl (C=O) groups is 1. The van der Waals surface area contributed by atoms with Crippen molar-refractivity contribution in [3.63, 3.8) is 0 Å². The summed E-state index contributed by atoms with van der Waals surface area (Å²) >= 11 is 1.15. The maximum absolute atomic E-state index is 12.6. The number of rotatable bonds is 6. The third kappa shape index (κ3) is 3.39. The first kappa shape index (κ1) is 17.9. The summed E-state index contributed by atoms with van der Waals surface area (Å²) in [5, 5.41) is 12.6. The van der Waals surface area contributed by atoms with Crippen molar-refractivity contribution in [1.29, 1.82) is 0 Å². The molecule has 0 aliphatic heterocycles. The number of nitrogens with zero attached hydrogens (tertiary/aromatic N) is 4. The van der Waals surface area contributed by atoms with E-state index in [0.717, 1.165) is 17.4 Å². The Balaban J connectivity index is 1.58. The van der Waals surface area contributed by atoms with Gasteiger partial charge in [-0.1, -0.05) is 42.1 Å². The number of fused-ring (bicyclic) bond motifs is 1. The monoisotopic (exact) mass is 394 g/mol. The zero-order valence-electron chi connectivity index (χ0n) is 14.7. The lowest BCUT2D eigenvalue weighted by Gasteiger charge is -2.06. The van der Waals surface area contributed by atoms with Gasteiger partial charge < -0.3 is 9.15 Å². The lowest BCUT2D eigenvalue weighted by Crippen LogP contribution is -2.16. The number of tetrazole rings is 1. The summed E-state index contributed by atoms with van der Waals surface area (Å²) in [6.45, 7) is 0. The minimum absolute atomic E-state index is 0.00651. The summed E-state index contributed by atoms with van der Waals surface area (Å²) in [7, 11) is 1.49. The summed E-state index contributed by atoms with van der Waals surface area (Å²) in [5.41, 5.74) is 0.365. The highest BCUT2D eigenvalue weighted by Gasteiger charge is 2.18. The number of methoxy groups -OCH3 is 1. The Morgan fingerprint density at radius 2 is 2.00 bits per heavy atom. The van der Waals surface area contributed by atoms with Gasteiger partial charge in [-0.3, -0.25) is 4.79 Å². The molecule has 0 N–H and O–H groups in total. The lowest BCUT2D eigenvalue weighted by molar-refractivity contribution is 0.101. The molecule has 0 aliphatic rings. The molecule has 0 fully saturated rings. The number of ketones is 1. The van der Waals surface area contributed by atoms with E-state index in [-0.39, 0.29) is 17.1 Å².